The van der Waals surface area contributed by atoms with Crippen molar-refractivity contribution in [1.29, 1.82) is 0 Å². The molecule has 2 nitrogen and oxygen atoms in total. The number of aliphatic hydroxyl groups excluding tert-OH is 1. The van der Waals surface area contributed by atoms with Gasteiger partial charge in [-0.15, -0.1) is 0 Å². The Kier molecular flexibility index (Phi) is 3.78. The third-order valence-corrected chi connectivity index (χ3v) is 2.92. The monoisotopic (exact) mass is 287 g/mol. The van der Waals surface area contributed by atoms with E-state index < -0.39 is 11.7 Å². The summed E-state index contributed by atoms with van der Waals surface area (Å²) in [5.41, 5.74) is 0.563. The smallest absolute Gasteiger partial charge is 0.390 e. The van der Waals surface area contributed by atoms with Gasteiger partial charge in [0.2, 0.25) is 0 Å². The first kappa shape index (κ1) is 13.8. The van der Waals surface area contributed by atoms with Gasteiger partial charge >= 0.3 is 6.18 Å². The minimum Gasteiger partial charge on any atom is -0.390 e. The second-order valence-electron chi connectivity index (χ2n) is 3.86. The number of hydrogen-bond donors (Lipinski definition) is 1. The molecule has 0 spiro atoms. The van der Waals surface area contributed by atoms with Crippen molar-refractivity contribution in [1.82, 2.24) is 4.98 Å². The normalized spacial score (nSPS) is 11.6. The summed E-state index contributed by atoms with van der Waals surface area (Å²) in [6.07, 6.45) is -4.36. The Labute approximate surface area is 112 Å². The molecule has 0 bridgehead atoms. The predicted octanol–water partition coefficient (Wildman–Crippen LogP) is 3.91. The molecule has 0 saturated heterocycles. The van der Waals surface area contributed by atoms with Crippen molar-refractivity contribution >= 4 is 11.6 Å². The van der Waals surface area contributed by atoms with Crippen LogP contribution < -0.4 is 0 Å². The minimum atomic E-state index is -4.36. The van der Waals surface area contributed by atoms with Crippen molar-refractivity contribution in [2.24, 2.45) is 0 Å². The molecule has 19 heavy (non-hydrogen) atoms. The number of rotatable bonds is 2. The average Bonchev–Trinajstić information content (AvgIpc) is 2.38. The van der Waals surface area contributed by atoms with Gasteiger partial charge in [0.25, 0.3) is 0 Å². The molecule has 0 unspecified atom stereocenters. The van der Waals surface area contributed by atoms with Crippen LogP contribution in [0.25, 0.3) is 11.3 Å². The molecule has 2 rings (SSSR count). The van der Waals surface area contributed by atoms with Gasteiger partial charge in [-0.25, -0.2) is 4.98 Å². The minimum absolute atomic E-state index is 0.291. The molecule has 0 atom stereocenters. The number of pyridine rings is 1. The molecule has 1 aromatic heterocycles. The third-order valence-electron chi connectivity index (χ3n) is 2.58. The number of nitrogens with zero attached hydrogens (tertiary/aromatic N) is 1. The lowest BCUT2D eigenvalue weighted by atomic mass is 10.1. The highest BCUT2D eigenvalue weighted by Crippen LogP contribution is 2.31. The number of aromatic nitrogens is 1. The van der Waals surface area contributed by atoms with Gasteiger partial charge in [-0.1, -0.05) is 23.7 Å². The van der Waals surface area contributed by atoms with Gasteiger partial charge in [-0.05, 0) is 24.3 Å². The number of halogens is 4. The molecule has 1 N–H and O–H groups in total. The van der Waals surface area contributed by atoms with Crippen LogP contribution in [0.3, 0.4) is 0 Å². The molecular weight excluding hydrogens is 279 g/mol. The number of hydrogen-bond acceptors (Lipinski definition) is 2. The second-order valence-corrected chi connectivity index (χ2v) is 4.27. The van der Waals surface area contributed by atoms with Crippen LogP contribution >= 0.6 is 11.6 Å². The summed E-state index contributed by atoms with van der Waals surface area (Å²) in [5, 5.41) is 9.36. The maximum Gasteiger partial charge on any atom is 0.416 e. The lowest BCUT2D eigenvalue weighted by molar-refractivity contribution is -0.137. The highest BCUT2D eigenvalue weighted by molar-refractivity contribution is 6.31. The van der Waals surface area contributed by atoms with Gasteiger partial charge in [0.15, 0.2) is 0 Å². The first-order chi connectivity index (χ1) is 8.91. The standard InChI is InChI=1S/C13H9ClF3NO/c14-10-5-6-11(18-12(10)7-19)8-1-3-9(4-2-8)13(15,16)17/h1-6,19H,7H2. The van der Waals surface area contributed by atoms with Crippen molar-refractivity contribution in [3.63, 3.8) is 0 Å². The molecule has 0 saturated carbocycles. The predicted molar refractivity (Wildman–Crippen MR) is 65.6 cm³/mol. The van der Waals surface area contributed by atoms with Crippen molar-refractivity contribution in [3.05, 3.63) is 52.7 Å². The zero-order valence-corrected chi connectivity index (χ0v) is 10.3. The van der Waals surface area contributed by atoms with Gasteiger partial charge in [-0.3, -0.25) is 0 Å². The van der Waals surface area contributed by atoms with Crippen LogP contribution in [0.15, 0.2) is 36.4 Å². The summed E-state index contributed by atoms with van der Waals surface area (Å²) >= 11 is 5.80. The van der Waals surface area contributed by atoms with E-state index in [0.29, 0.717) is 22.0 Å². The fraction of sp³-hybridized carbons (Fsp3) is 0.154. The second kappa shape index (κ2) is 5.19. The molecule has 0 radical (unpaired) electrons. The molecule has 0 aliphatic heterocycles. The van der Waals surface area contributed by atoms with Crippen LogP contribution in [0.4, 0.5) is 13.2 Å². The van der Waals surface area contributed by atoms with Crippen LogP contribution in [0, 0.1) is 0 Å². The van der Waals surface area contributed by atoms with E-state index >= 15 is 0 Å². The Hall–Kier alpha value is -1.59. The molecule has 100 valence electrons. The van der Waals surface area contributed by atoms with Crippen LogP contribution in [0.5, 0.6) is 0 Å². The molecular formula is C13H9ClF3NO. The van der Waals surface area contributed by atoms with Crippen molar-refractivity contribution in [2.75, 3.05) is 0 Å². The highest BCUT2D eigenvalue weighted by atomic mass is 35.5. The molecule has 1 heterocycles. The first-order valence-corrected chi connectivity index (χ1v) is 5.73. The summed E-state index contributed by atoms with van der Waals surface area (Å²) < 4.78 is 37.3. The fourth-order valence-electron chi connectivity index (χ4n) is 1.59. The van der Waals surface area contributed by atoms with Crippen molar-refractivity contribution < 1.29 is 18.3 Å². The van der Waals surface area contributed by atoms with E-state index in [1.54, 1.807) is 12.1 Å². The molecule has 6 heteroatoms. The maximum atomic E-state index is 12.4. The Bertz CT molecular complexity index is 581. The summed E-state index contributed by atoms with van der Waals surface area (Å²) in [6.45, 7) is -0.326. The van der Waals surface area contributed by atoms with Crippen LogP contribution in [-0.4, -0.2) is 10.1 Å². The van der Waals surface area contributed by atoms with Gasteiger partial charge < -0.3 is 5.11 Å². The summed E-state index contributed by atoms with van der Waals surface area (Å²) in [7, 11) is 0. The third kappa shape index (κ3) is 3.05. The van der Waals surface area contributed by atoms with Gasteiger partial charge in [0.1, 0.15) is 0 Å². The lowest BCUT2D eigenvalue weighted by Gasteiger charge is -2.08. The van der Waals surface area contributed by atoms with Crippen LogP contribution in [0.2, 0.25) is 5.02 Å². The number of benzene rings is 1. The van der Waals surface area contributed by atoms with Crippen molar-refractivity contribution in [3.8, 4) is 11.3 Å². The topological polar surface area (TPSA) is 33.1 Å². The molecule has 0 aliphatic rings. The molecule has 1 aromatic carbocycles. The molecule has 0 amide bonds. The van der Waals surface area contributed by atoms with E-state index in [9.17, 15) is 13.2 Å². The Morgan fingerprint density at radius 2 is 1.68 bits per heavy atom. The first-order valence-electron chi connectivity index (χ1n) is 5.35. The van der Waals surface area contributed by atoms with E-state index in [0.717, 1.165) is 12.1 Å². The number of aliphatic hydroxyl groups is 1. The van der Waals surface area contributed by atoms with Gasteiger partial charge in [0, 0.05) is 5.56 Å². The summed E-state index contributed by atoms with van der Waals surface area (Å²) in [5.74, 6) is 0. The van der Waals surface area contributed by atoms with E-state index in [-0.39, 0.29) is 6.61 Å². The van der Waals surface area contributed by atoms with Crippen LogP contribution in [-0.2, 0) is 12.8 Å². The summed E-state index contributed by atoms with van der Waals surface area (Å²) in [4.78, 5) is 4.09. The summed E-state index contributed by atoms with van der Waals surface area (Å²) in [6, 6.07) is 7.78. The largest absolute Gasteiger partial charge is 0.416 e. The lowest BCUT2D eigenvalue weighted by Crippen LogP contribution is -2.04. The SMILES string of the molecule is OCc1nc(-c2ccc(C(F)(F)F)cc2)ccc1Cl. The van der Waals surface area contributed by atoms with E-state index in [2.05, 4.69) is 4.98 Å². The molecule has 0 fully saturated rings. The maximum absolute atomic E-state index is 12.4. The molecule has 0 aliphatic carbocycles. The average molecular weight is 288 g/mol. The number of alkyl halides is 3. The quantitative estimate of drug-likeness (QED) is 0.908. The van der Waals surface area contributed by atoms with E-state index in [1.165, 1.54) is 12.1 Å². The Balaban J connectivity index is 2.37. The van der Waals surface area contributed by atoms with E-state index in [4.69, 9.17) is 16.7 Å². The fourth-order valence-corrected chi connectivity index (χ4v) is 1.75. The zero-order chi connectivity index (χ0) is 14.0. The van der Waals surface area contributed by atoms with Gasteiger partial charge in [0.05, 0.1) is 28.6 Å². The highest BCUT2D eigenvalue weighted by Gasteiger charge is 2.29. The van der Waals surface area contributed by atoms with Gasteiger partial charge in [-0.2, -0.15) is 13.2 Å². The van der Waals surface area contributed by atoms with E-state index in [1.807, 2.05) is 0 Å². The zero-order valence-electron chi connectivity index (χ0n) is 9.58. The Morgan fingerprint density at radius 1 is 1.05 bits per heavy atom. The van der Waals surface area contributed by atoms with Crippen molar-refractivity contribution in [2.45, 2.75) is 12.8 Å². The molecule has 2 aromatic rings. The Morgan fingerprint density at radius 3 is 2.21 bits per heavy atom. The van der Waals surface area contributed by atoms with Crippen LogP contribution in [0.1, 0.15) is 11.3 Å².